The summed E-state index contributed by atoms with van der Waals surface area (Å²) in [6, 6.07) is 19.1. The molecule has 0 aromatic heterocycles. The van der Waals surface area contributed by atoms with Crippen LogP contribution in [0.15, 0.2) is 66.7 Å². The SMILES string of the molecule is Cc1cc(CCCc2ccccc2)cc(C)c1C(=O)Nc1ccccc1C(F)(F)F. The third-order valence-corrected chi connectivity index (χ3v) is 5.07. The highest BCUT2D eigenvalue weighted by atomic mass is 19.4. The van der Waals surface area contributed by atoms with Gasteiger partial charge >= 0.3 is 6.18 Å². The van der Waals surface area contributed by atoms with E-state index in [9.17, 15) is 18.0 Å². The topological polar surface area (TPSA) is 29.1 Å². The molecule has 0 fully saturated rings. The van der Waals surface area contributed by atoms with E-state index in [0.29, 0.717) is 5.56 Å². The first-order valence-corrected chi connectivity index (χ1v) is 9.87. The van der Waals surface area contributed by atoms with Crippen LogP contribution in [0.2, 0.25) is 0 Å². The number of aryl methyl sites for hydroxylation is 4. The molecule has 1 N–H and O–H groups in total. The van der Waals surface area contributed by atoms with E-state index in [-0.39, 0.29) is 5.69 Å². The lowest BCUT2D eigenvalue weighted by molar-refractivity contribution is -0.136. The molecular weight excluding hydrogens is 387 g/mol. The van der Waals surface area contributed by atoms with Crippen molar-refractivity contribution in [2.24, 2.45) is 0 Å². The highest BCUT2D eigenvalue weighted by Crippen LogP contribution is 2.35. The number of halogens is 3. The zero-order valence-corrected chi connectivity index (χ0v) is 17.0. The Labute approximate surface area is 174 Å². The molecule has 30 heavy (non-hydrogen) atoms. The van der Waals surface area contributed by atoms with Crippen LogP contribution in [0.3, 0.4) is 0 Å². The minimum atomic E-state index is -4.53. The first kappa shape index (κ1) is 21.6. The summed E-state index contributed by atoms with van der Waals surface area (Å²) in [5, 5.41) is 2.44. The number of hydrogen-bond acceptors (Lipinski definition) is 1. The second kappa shape index (κ2) is 9.16. The van der Waals surface area contributed by atoms with Crippen LogP contribution in [0.5, 0.6) is 0 Å². The van der Waals surface area contributed by atoms with E-state index < -0.39 is 17.6 Å². The van der Waals surface area contributed by atoms with E-state index >= 15 is 0 Å². The van der Waals surface area contributed by atoms with Gasteiger partial charge in [-0.1, -0.05) is 54.6 Å². The number of nitrogens with one attached hydrogen (secondary N) is 1. The lowest BCUT2D eigenvalue weighted by atomic mass is 9.95. The van der Waals surface area contributed by atoms with Gasteiger partial charge in [0.25, 0.3) is 5.91 Å². The molecular formula is C25H24F3NO. The Hall–Kier alpha value is -3.08. The molecule has 0 saturated heterocycles. The third-order valence-electron chi connectivity index (χ3n) is 5.07. The number of para-hydroxylation sites is 1. The second-order valence-corrected chi connectivity index (χ2v) is 7.44. The number of anilines is 1. The summed E-state index contributed by atoms with van der Waals surface area (Å²) in [6.45, 7) is 3.64. The van der Waals surface area contributed by atoms with Crippen molar-refractivity contribution in [2.75, 3.05) is 5.32 Å². The zero-order valence-electron chi connectivity index (χ0n) is 17.0. The zero-order chi connectivity index (χ0) is 21.7. The first-order chi connectivity index (χ1) is 14.3. The van der Waals surface area contributed by atoms with Gasteiger partial charge in [-0.3, -0.25) is 4.79 Å². The van der Waals surface area contributed by atoms with Gasteiger partial charge in [0.2, 0.25) is 0 Å². The van der Waals surface area contributed by atoms with Crippen molar-refractivity contribution in [3.8, 4) is 0 Å². The van der Waals surface area contributed by atoms with Crippen LogP contribution in [0, 0.1) is 13.8 Å². The minimum absolute atomic E-state index is 0.235. The van der Waals surface area contributed by atoms with Crippen molar-refractivity contribution in [3.05, 3.63) is 100 Å². The summed E-state index contributed by atoms with van der Waals surface area (Å²) in [6.07, 6.45) is -1.71. The largest absolute Gasteiger partial charge is 0.418 e. The van der Waals surface area contributed by atoms with Gasteiger partial charge in [-0.15, -0.1) is 0 Å². The molecule has 156 valence electrons. The summed E-state index contributed by atoms with van der Waals surface area (Å²) >= 11 is 0. The quantitative estimate of drug-likeness (QED) is 0.478. The van der Waals surface area contributed by atoms with Crippen LogP contribution < -0.4 is 5.32 Å². The maximum atomic E-state index is 13.2. The molecule has 0 aliphatic rings. The molecule has 0 aliphatic carbocycles. The average Bonchev–Trinajstić information content (AvgIpc) is 2.68. The fourth-order valence-corrected chi connectivity index (χ4v) is 3.72. The molecule has 0 atom stereocenters. The van der Waals surface area contributed by atoms with Crippen LogP contribution in [0.1, 0.15) is 44.6 Å². The van der Waals surface area contributed by atoms with Crippen LogP contribution in [-0.2, 0) is 19.0 Å². The Morgan fingerprint density at radius 2 is 1.40 bits per heavy atom. The molecule has 1 amide bonds. The third kappa shape index (κ3) is 5.29. The maximum absolute atomic E-state index is 13.2. The van der Waals surface area contributed by atoms with Crippen molar-refractivity contribution in [1.82, 2.24) is 0 Å². The highest BCUT2D eigenvalue weighted by Gasteiger charge is 2.33. The van der Waals surface area contributed by atoms with Gasteiger partial charge in [0.1, 0.15) is 0 Å². The normalized spacial score (nSPS) is 11.4. The van der Waals surface area contributed by atoms with Crippen LogP contribution in [0.4, 0.5) is 18.9 Å². The van der Waals surface area contributed by atoms with E-state index in [1.54, 1.807) is 0 Å². The highest BCUT2D eigenvalue weighted by molar-refractivity contribution is 6.06. The van der Waals surface area contributed by atoms with E-state index in [1.165, 1.54) is 23.8 Å². The summed E-state index contributed by atoms with van der Waals surface area (Å²) in [5.41, 5.74) is 3.24. The minimum Gasteiger partial charge on any atom is -0.321 e. The number of carbonyl (C=O) groups excluding carboxylic acids is 1. The van der Waals surface area contributed by atoms with Crippen molar-refractivity contribution < 1.29 is 18.0 Å². The number of alkyl halides is 3. The van der Waals surface area contributed by atoms with E-state index in [1.807, 2.05) is 44.2 Å². The Balaban J connectivity index is 1.73. The molecule has 5 heteroatoms. The lowest BCUT2D eigenvalue weighted by Gasteiger charge is -2.16. The van der Waals surface area contributed by atoms with Gasteiger partial charge in [0.15, 0.2) is 0 Å². The fourth-order valence-electron chi connectivity index (χ4n) is 3.72. The molecule has 3 aromatic rings. The van der Waals surface area contributed by atoms with Gasteiger partial charge in [0, 0.05) is 5.56 Å². The predicted octanol–water partition coefficient (Wildman–Crippen LogP) is 6.75. The fraction of sp³-hybridized carbons (Fsp3) is 0.240. The average molecular weight is 411 g/mol. The molecule has 3 aromatic carbocycles. The summed E-state index contributed by atoms with van der Waals surface area (Å²) < 4.78 is 39.6. The van der Waals surface area contributed by atoms with Crippen molar-refractivity contribution in [1.29, 1.82) is 0 Å². The van der Waals surface area contributed by atoms with Gasteiger partial charge in [-0.05, 0) is 67.5 Å². The molecule has 0 spiro atoms. The second-order valence-electron chi connectivity index (χ2n) is 7.44. The lowest BCUT2D eigenvalue weighted by Crippen LogP contribution is -2.18. The first-order valence-electron chi connectivity index (χ1n) is 9.87. The van der Waals surface area contributed by atoms with Gasteiger partial charge < -0.3 is 5.32 Å². The van der Waals surface area contributed by atoms with Gasteiger partial charge in [-0.2, -0.15) is 13.2 Å². The number of amides is 1. The molecule has 0 aliphatic heterocycles. The number of benzene rings is 3. The predicted molar refractivity (Wildman–Crippen MR) is 114 cm³/mol. The molecule has 3 rings (SSSR count). The van der Waals surface area contributed by atoms with Crippen LogP contribution in [-0.4, -0.2) is 5.91 Å². The molecule has 0 bridgehead atoms. The monoisotopic (exact) mass is 411 g/mol. The van der Waals surface area contributed by atoms with Crippen molar-refractivity contribution in [2.45, 2.75) is 39.3 Å². The van der Waals surface area contributed by atoms with Gasteiger partial charge in [-0.25, -0.2) is 0 Å². The standard InChI is InChI=1S/C25H24F3NO/c1-17-15-20(12-8-11-19-9-4-3-5-10-19)16-18(2)23(17)24(30)29-22-14-7-6-13-21(22)25(26,27)28/h3-7,9-10,13-16H,8,11-12H2,1-2H3,(H,29,30). The summed E-state index contributed by atoms with van der Waals surface area (Å²) in [7, 11) is 0. The molecule has 0 heterocycles. The molecule has 0 radical (unpaired) electrons. The van der Waals surface area contributed by atoms with E-state index in [0.717, 1.165) is 42.0 Å². The number of hydrogen-bond donors (Lipinski definition) is 1. The molecule has 0 unspecified atom stereocenters. The number of carbonyl (C=O) groups is 1. The van der Waals surface area contributed by atoms with E-state index in [2.05, 4.69) is 17.4 Å². The Bertz CT molecular complexity index is 1000. The van der Waals surface area contributed by atoms with Crippen LogP contribution >= 0.6 is 0 Å². The maximum Gasteiger partial charge on any atom is 0.418 e. The van der Waals surface area contributed by atoms with Crippen molar-refractivity contribution in [3.63, 3.8) is 0 Å². The number of rotatable bonds is 6. The summed E-state index contributed by atoms with van der Waals surface area (Å²) in [4.78, 5) is 12.8. The molecule has 0 saturated carbocycles. The summed E-state index contributed by atoms with van der Waals surface area (Å²) in [5.74, 6) is -0.530. The molecule has 2 nitrogen and oxygen atoms in total. The smallest absolute Gasteiger partial charge is 0.321 e. The Morgan fingerprint density at radius 1 is 0.833 bits per heavy atom. The Kier molecular flexibility index (Phi) is 6.60. The Morgan fingerprint density at radius 3 is 2.03 bits per heavy atom. The van der Waals surface area contributed by atoms with Crippen LogP contribution in [0.25, 0.3) is 0 Å². The van der Waals surface area contributed by atoms with Gasteiger partial charge in [0.05, 0.1) is 11.3 Å². The van der Waals surface area contributed by atoms with E-state index in [4.69, 9.17) is 0 Å². The van der Waals surface area contributed by atoms with Crippen molar-refractivity contribution >= 4 is 11.6 Å².